The van der Waals surface area contributed by atoms with E-state index < -0.39 is 0 Å². The van der Waals surface area contributed by atoms with Crippen molar-refractivity contribution < 1.29 is 9.47 Å². The van der Waals surface area contributed by atoms with Crippen molar-refractivity contribution in [2.24, 2.45) is 0 Å². The number of rotatable bonds is 4. The molecule has 0 saturated heterocycles. The lowest BCUT2D eigenvalue weighted by Gasteiger charge is -2.11. The van der Waals surface area contributed by atoms with Crippen LogP contribution in [0.5, 0.6) is 11.5 Å². The second-order valence-electron chi connectivity index (χ2n) is 3.55. The number of nitrogen functional groups attached to an aromatic ring is 1. The van der Waals surface area contributed by atoms with Gasteiger partial charge in [-0.1, -0.05) is 11.6 Å². The SMILES string of the molecule is COc1ccnc(Cn2cc(Cl)c(N)n2)c1OC. The molecular formula is C11H13ClN4O2. The maximum absolute atomic E-state index is 5.84. The third kappa shape index (κ3) is 2.33. The van der Waals surface area contributed by atoms with Gasteiger partial charge in [-0.05, 0) is 0 Å². The highest BCUT2D eigenvalue weighted by Gasteiger charge is 2.12. The van der Waals surface area contributed by atoms with Gasteiger partial charge in [0.25, 0.3) is 0 Å². The van der Waals surface area contributed by atoms with Gasteiger partial charge in [0.2, 0.25) is 0 Å². The van der Waals surface area contributed by atoms with Gasteiger partial charge in [-0.25, -0.2) is 0 Å². The highest BCUT2D eigenvalue weighted by atomic mass is 35.5. The smallest absolute Gasteiger partial charge is 0.184 e. The maximum atomic E-state index is 5.84. The molecule has 96 valence electrons. The minimum absolute atomic E-state index is 0.290. The number of ether oxygens (including phenoxy) is 2. The number of halogens is 1. The average molecular weight is 269 g/mol. The van der Waals surface area contributed by atoms with E-state index >= 15 is 0 Å². The zero-order valence-corrected chi connectivity index (χ0v) is 10.8. The summed E-state index contributed by atoms with van der Waals surface area (Å²) < 4.78 is 12.1. The number of hydrogen-bond donors (Lipinski definition) is 1. The Morgan fingerprint density at radius 1 is 1.39 bits per heavy atom. The first kappa shape index (κ1) is 12.5. The second-order valence-corrected chi connectivity index (χ2v) is 3.96. The largest absolute Gasteiger partial charge is 0.493 e. The Morgan fingerprint density at radius 3 is 2.72 bits per heavy atom. The Labute approximate surface area is 109 Å². The number of nitrogens with two attached hydrogens (primary N) is 1. The molecule has 6 nitrogen and oxygen atoms in total. The number of nitrogens with zero attached hydrogens (tertiary/aromatic N) is 3. The summed E-state index contributed by atoms with van der Waals surface area (Å²) >= 11 is 5.84. The summed E-state index contributed by atoms with van der Waals surface area (Å²) in [4.78, 5) is 4.24. The number of aromatic nitrogens is 3. The average Bonchev–Trinajstić information content (AvgIpc) is 2.68. The van der Waals surface area contributed by atoms with Crippen molar-refractivity contribution in [2.45, 2.75) is 6.54 Å². The topological polar surface area (TPSA) is 75.2 Å². The van der Waals surface area contributed by atoms with Crippen molar-refractivity contribution in [1.82, 2.24) is 14.8 Å². The Bertz CT molecular complexity index is 536. The van der Waals surface area contributed by atoms with Gasteiger partial charge in [0, 0.05) is 18.5 Å². The fourth-order valence-corrected chi connectivity index (χ4v) is 1.76. The van der Waals surface area contributed by atoms with E-state index in [0.29, 0.717) is 34.6 Å². The predicted octanol–water partition coefficient (Wildman–Crippen LogP) is 1.58. The molecule has 0 bridgehead atoms. The van der Waals surface area contributed by atoms with Crippen molar-refractivity contribution in [3.05, 3.63) is 29.2 Å². The van der Waals surface area contributed by atoms with E-state index in [1.165, 1.54) is 0 Å². The molecule has 7 heteroatoms. The molecule has 0 aliphatic carbocycles. The fourth-order valence-electron chi connectivity index (χ4n) is 1.61. The summed E-state index contributed by atoms with van der Waals surface area (Å²) in [5.74, 6) is 1.48. The summed E-state index contributed by atoms with van der Waals surface area (Å²) in [5.41, 5.74) is 6.27. The van der Waals surface area contributed by atoms with Crippen LogP contribution in [0.3, 0.4) is 0 Å². The molecule has 0 saturated carbocycles. The molecule has 2 rings (SSSR count). The van der Waals surface area contributed by atoms with Gasteiger partial charge in [-0.15, -0.1) is 0 Å². The lowest BCUT2D eigenvalue weighted by Crippen LogP contribution is -2.06. The van der Waals surface area contributed by atoms with E-state index in [2.05, 4.69) is 10.1 Å². The first-order valence-electron chi connectivity index (χ1n) is 5.20. The third-order valence-corrected chi connectivity index (χ3v) is 2.71. The molecule has 0 aliphatic rings. The van der Waals surface area contributed by atoms with Crippen LogP contribution in [0.15, 0.2) is 18.5 Å². The quantitative estimate of drug-likeness (QED) is 0.911. The summed E-state index contributed by atoms with van der Waals surface area (Å²) in [6, 6.07) is 1.73. The number of pyridine rings is 1. The van der Waals surface area contributed by atoms with Crippen LogP contribution >= 0.6 is 11.6 Å². The van der Waals surface area contributed by atoms with Crippen molar-refractivity contribution in [2.75, 3.05) is 20.0 Å². The van der Waals surface area contributed by atoms with Gasteiger partial charge in [-0.2, -0.15) is 5.10 Å². The third-order valence-electron chi connectivity index (χ3n) is 2.42. The van der Waals surface area contributed by atoms with Crippen LogP contribution in [0.4, 0.5) is 5.82 Å². The van der Waals surface area contributed by atoms with E-state index in [1.807, 2.05) is 0 Å². The lowest BCUT2D eigenvalue weighted by molar-refractivity contribution is 0.348. The summed E-state index contributed by atoms with van der Waals surface area (Å²) in [5, 5.41) is 4.48. The molecule has 0 radical (unpaired) electrons. The molecular weight excluding hydrogens is 256 g/mol. The van der Waals surface area contributed by atoms with E-state index in [1.54, 1.807) is 37.4 Å². The molecule has 0 aromatic carbocycles. The molecule has 0 unspecified atom stereocenters. The molecule has 18 heavy (non-hydrogen) atoms. The Hall–Kier alpha value is -1.95. The van der Waals surface area contributed by atoms with E-state index in [9.17, 15) is 0 Å². The second kappa shape index (κ2) is 5.14. The Morgan fingerprint density at radius 2 is 2.17 bits per heavy atom. The lowest BCUT2D eigenvalue weighted by atomic mass is 10.3. The van der Waals surface area contributed by atoms with Crippen LogP contribution in [0.25, 0.3) is 0 Å². The van der Waals surface area contributed by atoms with Gasteiger partial charge in [-0.3, -0.25) is 9.67 Å². The van der Waals surface area contributed by atoms with Gasteiger partial charge < -0.3 is 15.2 Å². The molecule has 0 spiro atoms. The van der Waals surface area contributed by atoms with Gasteiger partial charge in [0.15, 0.2) is 17.3 Å². The Kier molecular flexibility index (Phi) is 3.57. The van der Waals surface area contributed by atoms with Crippen LogP contribution in [-0.4, -0.2) is 29.0 Å². The van der Waals surface area contributed by atoms with Gasteiger partial charge >= 0.3 is 0 Å². The van der Waals surface area contributed by atoms with E-state index in [0.717, 1.165) is 0 Å². The van der Waals surface area contributed by atoms with Crippen LogP contribution in [0, 0.1) is 0 Å². The van der Waals surface area contributed by atoms with Gasteiger partial charge in [0.1, 0.15) is 10.7 Å². The Balaban J connectivity index is 2.33. The zero-order valence-electron chi connectivity index (χ0n) is 10.1. The normalized spacial score (nSPS) is 10.4. The predicted molar refractivity (Wildman–Crippen MR) is 68.1 cm³/mol. The summed E-state index contributed by atoms with van der Waals surface area (Å²) in [6.07, 6.45) is 3.28. The van der Waals surface area contributed by atoms with Crippen LogP contribution < -0.4 is 15.2 Å². The maximum Gasteiger partial charge on any atom is 0.184 e. The molecule has 2 aromatic rings. The van der Waals surface area contributed by atoms with Crippen molar-refractivity contribution in [1.29, 1.82) is 0 Å². The monoisotopic (exact) mass is 268 g/mol. The van der Waals surface area contributed by atoms with Crippen LogP contribution in [0.1, 0.15) is 5.69 Å². The molecule has 2 N–H and O–H groups in total. The van der Waals surface area contributed by atoms with E-state index in [4.69, 9.17) is 26.8 Å². The fraction of sp³-hybridized carbons (Fsp3) is 0.273. The van der Waals surface area contributed by atoms with Crippen molar-refractivity contribution in [3.63, 3.8) is 0 Å². The van der Waals surface area contributed by atoms with E-state index in [-0.39, 0.29) is 0 Å². The van der Waals surface area contributed by atoms with Crippen molar-refractivity contribution >= 4 is 17.4 Å². The zero-order chi connectivity index (χ0) is 13.1. The first-order valence-corrected chi connectivity index (χ1v) is 5.57. The minimum atomic E-state index is 0.290. The number of hydrogen-bond acceptors (Lipinski definition) is 5. The molecule has 2 aromatic heterocycles. The molecule has 0 aliphatic heterocycles. The summed E-state index contributed by atoms with van der Waals surface area (Å²) in [7, 11) is 3.14. The number of anilines is 1. The molecule has 0 atom stereocenters. The first-order chi connectivity index (χ1) is 8.65. The highest BCUT2D eigenvalue weighted by molar-refractivity contribution is 6.32. The number of methoxy groups -OCH3 is 2. The summed E-state index contributed by atoms with van der Waals surface area (Å²) in [6.45, 7) is 0.400. The standard InChI is InChI=1S/C11H13ClN4O2/c1-17-9-3-4-14-8(10(9)18-2)6-16-5-7(12)11(13)15-16/h3-5H,6H2,1-2H3,(H2,13,15). The van der Waals surface area contributed by atoms with Crippen molar-refractivity contribution in [3.8, 4) is 11.5 Å². The minimum Gasteiger partial charge on any atom is -0.493 e. The molecule has 0 amide bonds. The molecule has 0 fully saturated rings. The molecule has 2 heterocycles. The van der Waals surface area contributed by atoms with Gasteiger partial charge in [0.05, 0.1) is 20.8 Å². The van der Waals surface area contributed by atoms with Crippen LogP contribution in [0.2, 0.25) is 5.02 Å². The highest BCUT2D eigenvalue weighted by Crippen LogP contribution is 2.29. The van der Waals surface area contributed by atoms with Crippen LogP contribution in [-0.2, 0) is 6.54 Å².